The maximum atomic E-state index is 12.1. The Hall–Kier alpha value is -1.58. The van der Waals surface area contributed by atoms with Crippen LogP contribution in [0.5, 0.6) is 0 Å². The average molecular weight is 268 g/mol. The van der Waals surface area contributed by atoms with Gasteiger partial charge in [-0.15, -0.1) is 13.2 Å². The molecule has 0 aliphatic carbocycles. The number of carbonyl (C=O) groups excluding carboxylic acids is 2. The number of hydrogen-bond acceptors (Lipinski definition) is 4. The highest BCUT2D eigenvalue weighted by Gasteiger charge is 2.45. The molecule has 19 heavy (non-hydrogen) atoms. The molecule has 4 heteroatoms. The van der Waals surface area contributed by atoms with Crippen LogP contribution in [-0.4, -0.2) is 25.2 Å². The van der Waals surface area contributed by atoms with Crippen molar-refractivity contribution in [1.82, 2.24) is 0 Å². The zero-order valence-electron chi connectivity index (χ0n) is 11.9. The van der Waals surface area contributed by atoms with Gasteiger partial charge >= 0.3 is 11.9 Å². The van der Waals surface area contributed by atoms with E-state index in [0.717, 1.165) is 0 Å². The summed E-state index contributed by atoms with van der Waals surface area (Å²) in [6.45, 7) is 11.2. The zero-order valence-corrected chi connectivity index (χ0v) is 11.9. The van der Waals surface area contributed by atoms with E-state index in [1.165, 1.54) is 0 Å². The van der Waals surface area contributed by atoms with E-state index in [0.29, 0.717) is 25.7 Å². The molecule has 0 heterocycles. The molecule has 0 aliphatic rings. The summed E-state index contributed by atoms with van der Waals surface area (Å²) in [5.41, 5.74) is -1.19. The molecule has 0 aliphatic heterocycles. The van der Waals surface area contributed by atoms with Crippen LogP contribution in [0.4, 0.5) is 0 Å². The smallest absolute Gasteiger partial charge is 0.323 e. The summed E-state index contributed by atoms with van der Waals surface area (Å²) >= 11 is 0. The molecule has 0 amide bonds. The van der Waals surface area contributed by atoms with Crippen LogP contribution in [0.3, 0.4) is 0 Å². The lowest BCUT2D eigenvalue weighted by molar-refractivity contribution is -0.173. The fourth-order valence-electron chi connectivity index (χ4n) is 1.66. The summed E-state index contributed by atoms with van der Waals surface area (Å²) < 4.78 is 10.3. The lowest BCUT2D eigenvalue weighted by Gasteiger charge is -2.26. The molecule has 0 atom stereocenters. The molecule has 0 aromatic rings. The second-order valence-corrected chi connectivity index (χ2v) is 4.22. The first-order chi connectivity index (χ1) is 9.08. The van der Waals surface area contributed by atoms with Gasteiger partial charge in [0.05, 0.1) is 13.2 Å². The van der Waals surface area contributed by atoms with Crippen LogP contribution >= 0.6 is 0 Å². The van der Waals surface area contributed by atoms with E-state index in [2.05, 4.69) is 13.2 Å². The van der Waals surface area contributed by atoms with E-state index in [-0.39, 0.29) is 13.2 Å². The van der Waals surface area contributed by atoms with E-state index in [1.54, 1.807) is 26.0 Å². The van der Waals surface area contributed by atoms with Crippen molar-refractivity contribution in [2.75, 3.05) is 13.2 Å². The molecule has 0 N–H and O–H groups in total. The van der Waals surface area contributed by atoms with E-state index < -0.39 is 17.4 Å². The summed E-state index contributed by atoms with van der Waals surface area (Å²) in [5, 5.41) is 0. The van der Waals surface area contributed by atoms with Crippen molar-refractivity contribution >= 4 is 11.9 Å². The fraction of sp³-hybridized carbons (Fsp3) is 0.600. The minimum absolute atomic E-state index is 0.240. The van der Waals surface area contributed by atoms with Gasteiger partial charge in [-0.3, -0.25) is 9.59 Å². The van der Waals surface area contributed by atoms with E-state index in [1.807, 2.05) is 0 Å². The lowest BCUT2D eigenvalue weighted by atomic mass is 9.82. The molecule has 108 valence electrons. The van der Waals surface area contributed by atoms with Crippen LogP contribution in [-0.2, 0) is 19.1 Å². The Morgan fingerprint density at radius 1 is 0.947 bits per heavy atom. The first-order valence-corrected chi connectivity index (χ1v) is 6.65. The van der Waals surface area contributed by atoms with Gasteiger partial charge in [-0.25, -0.2) is 0 Å². The van der Waals surface area contributed by atoms with Crippen molar-refractivity contribution in [3.8, 4) is 0 Å². The Labute approximate surface area is 115 Å². The maximum Gasteiger partial charge on any atom is 0.323 e. The summed E-state index contributed by atoms with van der Waals surface area (Å²) in [4.78, 5) is 24.2. The SMILES string of the molecule is C=CCCOC(=O)C(CC)(CC)C(=O)OCCC=C. The Morgan fingerprint density at radius 2 is 1.32 bits per heavy atom. The minimum atomic E-state index is -1.19. The van der Waals surface area contributed by atoms with Gasteiger partial charge in [0.25, 0.3) is 0 Å². The van der Waals surface area contributed by atoms with Crippen LogP contribution in [0.2, 0.25) is 0 Å². The largest absolute Gasteiger partial charge is 0.465 e. The van der Waals surface area contributed by atoms with Gasteiger partial charge in [0.2, 0.25) is 0 Å². The normalized spacial score (nSPS) is 10.6. The number of ether oxygens (including phenoxy) is 2. The third kappa shape index (κ3) is 4.89. The number of hydrogen-bond donors (Lipinski definition) is 0. The second kappa shape index (κ2) is 9.36. The van der Waals surface area contributed by atoms with Crippen LogP contribution in [0, 0.1) is 5.41 Å². The topological polar surface area (TPSA) is 52.6 Å². The van der Waals surface area contributed by atoms with Gasteiger partial charge in [-0.05, 0) is 25.7 Å². The van der Waals surface area contributed by atoms with Gasteiger partial charge in [0.15, 0.2) is 5.41 Å². The fourth-order valence-corrected chi connectivity index (χ4v) is 1.66. The van der Waals surface area contributed by atoms with Gasteiger partial charge < -0.3 is 9.47 Å². The molecule has 0 aromatic carbocycles. The maximum absolute atomic E-state index is 12.1. The highest BCUT2D eigenvalue weighted by molar-refractivity contribution is 5.99. The lowest BCUT2D eigenvalue weighted by Crippen LogP contribution is -2.41. The van der Waals surface area contributed by atoms with Crippen molar-refractivity contribution in [1.29, 1.82) is 0 Å². The third-order valence-corrected chi connectivity index (χ3v) is 3.10. The monoisotopic (exact) mass is 268 g/mol. The summed E-state index contributed by atoms with van der Waals surface area (Å²) in [6.07, 6.45) is 5.19. The summed E-state index contributed by atoms with van der Waals surface area (Å²) in [5.74, 6) is -1.02. The van der Waals surface area contributed by atoms with Gasteiger partial charge in [-0.1, -0.05) is 26.0 Å². The number of rotatable bonds is 10. The van der Waals surface area contributed by atoms with Crippen molar-refractivity contribution in [2.45, 2.75) is 39.5 Å². The molecule has 0 rings (SSSR count). The molecule has 4 nitrogen and oxygen atoms in total. The van der Waals surface area contributed by atoms with Crippen LogP contribution < -0.4 is 0 Å². The zero-order chi connectivity index (χ0) is 14.7. The van der Waals surface area contributed by atoms with E-state index in [9.17, 15) is 9.59 Å². The van der Waals surface area contributed by atoms with Crippen molar-refractivity contribution in [2.24, 2.45) is 5.41 Å². The Kier molecular flexibility index (Phi) is 8.58. The highest BCUT2D eigenvalue weighted by Crippen LogP contribution is 2.30. The Balaban J connectivity index is 4.70. The molecule has 0 radical (unpaired) electrons. The Bertz CT molecular complexity index is 288. The molecular formula is C15H24O4. The molecule has 0 saturated heterocycles. The van der Waals surface area contributed by atoms with Gasteiger partial charge in [0.1, 0.15) is 0 Å². The summed E-state index contributed by atoms with van der Waals surface area (Å²) in [6, 6.07) is 0. The predicted octanol–water partition coefficient (Wildman–Crippen LogP) is 3.03. The molecular weight excluding hydrogens is 244 g/mol. The molecule has 0 aromatic heterocycles. The minimum Gasteiger partial charge on any atom is -0.465 e. The average Bonchev–Trinajstić information content (AvgIpc) is 2.41. The Morgan fingerprint density at radius 3 is 1.58 bits per heavy atom. The van der Waals surface area contributed by atoms with Crippen molar-refractivity contribution in [3.05, 3.63) is 25.3 Å². The van der Waals surface area contributed by atoms with Crippen LogP contribution in [0.15, 0.2) is 25.3 Å². The second-order valence-electron chi connectivity index (χ2n) is 4.22. The number of esters is 2. The molecule has 0 fully saturated rings. The van der Waals surface area contributed by atoms with Crippen molar-refractivity contribution in [3.63, 3.8) is 0 Å². The molecule has 0 saturated carbocycles. The molecule has 0 bridgehead atoms. The van der Waals surface area contributed by atoms with Gasteiger partial charge in [0, 0.05) is 0 Å². The van der Waals surface area contributed by atoms with E-state index in [4.69, 9.17) is 9.47 Å². The summed E-state index contributed by atoms with van der Waals surface area (Å²) in [7, 11) is 0. The highest BCUT2D eigenvalue weighted by atomic mass is 16.6. The molecule has 0 spiro atoms. The van der Waals surface area contributed by atoms with Gasteiger partial charge in [-0.2, -0.15) is 0 Å². The van der Waals surface area contributed by atoms with Crippen LogP contribution in [0.25, 0.3) is 0 Å². The first-order valence-electron chi connectivity index (χ1n) is 6.65. The first kappa shape index (κ1) is 17.4. The predicted molar refractivity (Wildman–Crippen MR) is 74.6 cm³/mol. The van der Waals surface area contributed by atoms with Crippen molar-refractivity contribution < 1.29 is 19.1 Å². The standard InChI is InChI=1S/C15H24O4/c1-5-9-11-18-13(16)15(7-3,8-4)14(17)19-12-10-6-2/h5-6H,1-2,7-12H2,3-4H3. The van der Waals surface area contributed by atoms with E-state index >= 15 is 0 Å². The van der Waals surface area contributed by atoms with Crippen LogP contribution in [0.1, 0.15) is 39.5 Å². The quantitative estimate of drug-likeness (QED) is 0.264. The number of carbonyl (C=O) groups is 2. The molecule has 0 unspecified atom stereocenters. The third-order valence-electron chi connectivity index (χ3n) is 3.10.